The Kier molecular flexibility index (Phi) is 16.7. The van der Waals surface area contributed by atoms with Crippen molar-refractivity contribution >= 4 is 17.1 Å². The first-order valence-corrected chi connectivity index (χ1v) is 13.7. The summed E-state index contributed by atoms with van der Waals surface area (Å²) >= 11 is 1.45. The van der Waals surface area contributed by atoms with Crippen LogP contribution in [0.5, 0.6) is 5.75 Å². The fourth-order valence-corrected chi connectivity index (χ4v) is 4.37. The summed E-state index contributed by atoms with van der Waals surface area (Å²) in [4.78, 5) is 12.8. The minimum atomic E-state index is 0.0534. The zero-order valence-corrected chi connectivity index (χ0v) is 24.5. The number of carbonyl (C=O) groups excluding carboxylic acids is 1. The third kappa shape index (κ3) is 9.62. The Hall–Kier alpha value is -2.43. The second-order valence-corrected chi connectivity index (χ2v) is 9.13. The van der Waals surface area contributed by atoms with Gasteiger partial charge in [-0.1, -0.05) is 78.1 Å². The van der Waals surface area contributed by atoms with Crippen LogP contribution in [0, 0.1) is 13.8 Å². The molecule has 0 saturated heterocycles. The number of thiophene rings is 1. The van der Waals surface area contributed by atoms with Gasteiger partial charge >= 0.3 is 0 Å². The first-order valence-electron chi connectivity index (χ1n) is 12.9. The van der Waals surface area contributed by atoms with Crippen LogP contribution in [0.25, 0.3) is 22.3 Å². The smallest absolute Gasteiger partial charge is 0.170 e. The molecule has 3 rings (SSSR count). The number of hydrogen-bond donors (Lipinski definition) is 2. The molecule has 1 aromatic heterocycles. The molecule has 2 N–H and O–H groups in total. The predicted molar refractivity (Wildman–Crippen MR) is 157 cm³/mol. The molecule has 3 nitrogen and oxygen atoms in total. The lowest BCUT2D eigenvalue weighted by Crippen LogP contribution is -1.97. The maximum atomic E-state index is 12.1. The molecule has 0 unspecified atom stereocenters. The summed E-state index contributed by atoms with van der Waals surface area (Å²) in [6, 6.07) is 12.1. The van der Waals surface area contributed by atoms with Gasteiger partial charge in [-0.2, -0.15) is 0 Å². The molecule has 4 heteroatoms. The van der Waals surface area contributed by atoms with Crippen molar-refractivity contribution < 1.29 is 9.90 Å². The van der Waals surface area contributed by atoms with Gasteiger partial charge in [0.2, 0.25) is 0 Å². The number of rotatable bonds is 6. The van der Waals surface area contributed by atoms with Crippen molar-refractivity contribution in [2.75, 3.05) is 14.1 Å². The normalized spacial score (nSPS) is 9.66. The molecular formula is C31H47NO2S. The summed E-state index contributed by atoms with van der Waals surface area (Å²) in [5.74, 6) is 0.306. The van der Waals surface area contributed by atoms with Crippen LogP contribution in [0.4, 0.5) is 0 Å². The van der Waals surface area contributed by atoms with E-state index in [4.69, 9.17) is 0 Å². The van der Waals surface area contributed by atoms with E-state index in [1.165, 1.54) is 36.2 Å². The van der Waals surface area contributed by atoms with E-state index in [2.05, 4.69) is 45.1 Å². The Balaban J connectivity index is 0.000000995. The fourth-order valence-electron chi connectivity index (χ4n) is 3.57. The summed E-state index contributed by atoms with van der Waals surface area (Å²) in [7, 11) is 3.75. The van der Waals surface area contributed by atoms with Crippen molar-refractivity contribution in [2.45, 2.75) is 81.1 Å². The number of ketones is 1. The molecule has 1 heterocycles. The molecule has 0 aliphatic rings. The van der Waals surface area contributed by atoms with Crippen LogP contribution in [-0.2, 0) is 6.42 Å². The molecular weight excluding hydrogens is 450 g/mol. The average molecular weight is 498 g/mol. The van der Waals surface area contributed by atoms with E-state index < -0.39 is 0 Å². The topological polar surface area (TPSA) is 49.3 Å². The predicted octanol–water partition coefficient (Wildman–Crippen LogP) is 9.23. The summed E-state index contributed by atoms with van der Waals surface area (Å²) in [6.45, 7) is 16.2. The Morgan fingerprint density at radius 3 is 1.91 bits per heavy atom. The lowest BCUT2D eigenvalue weighted by Gasteiger charge is -2.18. The van der Waals surface area contributed by atoms with E-state index in [-0.39, 0.29) is 11.5 Å². The number of hydrogen-bond acceptors (Lipinski definition) is 4. The summed E-state index contributed by atoms with van der Waals surface area (Å²) in [5.41, 5.74) is 6.99. The number of nitrogens with one attached hydrogen (secondary N) is 1. The number of carbonyl (C=O) groups is 1. The second-order valence-electron chi connectivity index (χ2n) is 8.21. The van der Waals surface area contributed by atoms with Gasteiger partial charge in [0.25, 0.3) is 0 Å². The monoisotopic (exact) mass is 497 g/mol. The van der Waals surface area contributed by atoms with Crippen LogP contribution in [-0.4, -0.2) is 25.0 Å². The number of aromatic hydroxyl groups is 1. The number of aryl methyl sites for hydroxylation is 2. The van der Waals surface area contributed by atoms with Crippen molar-refractivity contribution in [3.8, 4) is 28.0 Å². The van der Waals surface area contributed by atoms with Crippen LogP contribution in [0.1, 0.15) is 87.2 Å². The SMILES string of the molecule is CC.CCCCC.CCc1ccc(-c2c(O)cc(C)c(C)c2-c2ccsc2C(C)=O)cc1.CNC. The zero-order valence-electron chi connectivity index (χ0n) is 23.6. The Morgan fingerprint density at radius 2 is 1.49 bits per heavy atom. The van der Waals surface area contributed by atoms with Gasteiger partial charge in [0.05, 0.1) is 4.88 Å². The lowest BCUT2D eigenvalue weighted by molar-refractivity contribution is 0.102. The second kappa shape index (κ2) is 17.9. The Morgan fingerprint density at radius 1 is 0.943 bits per heavy atom. The van der Waals surface area contributed by atoms with Crippen molar-refractivity contribution in [1.29, 1.82) is 0 Å². The van der Waals surface area contributed by atoms with E-state index in [1.54, 1.807) is 6.92 Å². The maximum absolute atomic E-state index is 12.1. The number of phenolic OH excluding ortho intramolecular Hbond substituents is 1. The number of unbranched alkanes of at least 4 members (excludes halogenated alkanes) is 2. The molecule has 3 aromatic rings. The van der Waals surface area contributed by atoms with Gasteiger partial charge in [0.15, 0.2) is 5.78 Å². The van der Waals surface area contributed by atoms with Crippen LogP contribution in [0.3, 0.4) is 0 Å². The highest BCUT2D eigenvalue weighted by atomic mass is 32.1. The highest BCUT2D eigenvalue weighted by molar-refractivity contribution is 7.12. The first-order chi connectivity index (χ1) is 16.8. The zero-order chi connectivity index (χ0) is 27.0. The fraction of sp³-hybridized carbons (Fsp3) is 0.452. The summed E-state index contributed by atoms with van der Waals surface area (Å²) in [6.07, 6.45) is 5.05. The van der Waals surface area contributed by atoms with Crippen molar-refractivity contribution in [3.63, 3.8) is 0 Å². The molecule has 0 fully saturated rings. The Labute approximate surface area is 218 Å². The van der Waals surface area contributed by atoms with E-state index in [0.29, 0.717) is 0 Å². The molecule has 0 aliphatic carbocycles. The standard InChI is InChI=1S/C22H22O2S.C5H12.C2H7N.C2H6/c1-5-16-6-8-17(9-7-16)21-19(24)12-13(2)14(3)20(21)18-10-11-25-22(18)15(4)23;1-3-5-4-2;1-3-2;1-2/h6-12,24H,5H2,1-4H3;3-5H2,1-2H3;3H,1-2H3;1-2H3. The number of phenols is 1. The Bertz CT molecular complexity index is 1000. The average Bonchev–Trinajstić information content (AvgIpc) is 3.34. The van der Waals surface area contributed by atoms with Crippen LogP contribution >= 0.6 is 11.3 Å². The molecule has 2 aromatic carbocycles. The molecule has 0 saturated carbocycles. The van der Waals surface area contributed by atoms with Gasteiger partial charge < -0.3 is 10.4 Å². The molecule has 35 heavy (non-hydrogen) atoms. The minimum Gasteiger partial charge on any atom is -0.507 e. The lowest BCUT2D eigenvalue weighted by atomic mass is 9.87. The van der Waals surface area contributed by atoms with E-state index >= 15 is 0 Å². The van der Waals surface area contributed by atoms with Crippen LogP contribution in [0.2, 0.25) is 0 Å². The quantitative estimate of drug-likeness (QED) is 0.334. The largest absolute Gasteiger partial charge is 0.507 e. The highest BCUT2D eigenvalue weighted by Crippen LogP contribution is 2.44. The summed E-state index contributed by atoms with van der Waals surface area (Å²) in [5, 5.41) is 15.4. The molecule has 0 aliphatic heterocycles. The number of benzene rings is 2. The van der Waals surface area contributed by atoms with Gasteiger partial charge in [-0.25, -0.2) is 0 Å². The number of Topliss-reactive ketones (excluding diaryl/α,β-unsaturated/α-hetero) is 1. The molecule has 0 atom stereocenters. The van der Waals surface area contributed by atoms with Crippen molar-refractivity contribution in [3.05, 3.63) is 63.3 Å². The van der Waals surface area contributed by atoms with Gasteiger partial charge in [-0.3, -0.25) is 4.79 Å². The third-order valence-corrected chi connectivity index (χ3v) is 6.45. The summed E-state index contributed by atoms with van der Waals surface area (Å²) < 4.78 is 0. The van der Waals surface area contributed by atoms with E-state index in [9.17, 15) is 9.90 Å². The highest BCUT2D eigenvalue weighted by Gasteiger charge is 2.21. The molecule has 0 spiro atoms. The van der Waals surface area contributed by atoms with Gasteiger partial charge in [-0.15, -0.1) is 11.3 Å². The van der Waals surface area contributed by atoms with Crippen molar-refractivity contribution in [1.82, 2.24) is 5.32 Å². The molecule has 194 valence electrons. The van der Waals surface area contributed by atoms with Crippen LogP contribution in [0.15, 0.2) is 41.8 Å². The minimum absolute atomic E-state index is 0.0534. The van der Waals surface area contributed by atoms with E-state index in [0.717, 1.165) is 44.7 Å². The van der Waals surface area contributed by atoms with Gasteiger partial charge in [-0.05, 0) is 86.6 Å². The van der Waals surface area contributed by atoms with E-state index in [1.807, 2.05) is 64.5 Å². The van der Waals surface area contributed by atoms with Gasteiger partial charge in [0.1, 0.15) is 5.75 Å². The van der Waals surface area contributed by atoms with Gasteiger partial charge in [0, 0.05) is 11.1 Å². The first kappa shape index (κ1) is 32.6. The van der Waals surface area contributed by atoms with Crippen molar-refractivity contribution in [2.24, 2.45) is 0 Å². The van der Waals surface area contributed by atoms with Crippen LogP contribution < -0.4 is 5.32 Å². The maximum Gasteiger partial charge on any atom is 0.170 e. The molecule has 0 amide bonds. The third-order valence-electron chi connectivity index (χ3n) is 5.44. The molecule has 0 radical (unpaired) electrons. The molecule has 0 bridgehead atoms.